The third-order valence-corrected chi connectivity index (χ3v) is 6.66. The first-order chi connectivity index (χ1) is 9.42. The van der Waals surface area contributed by atoms with E-state index in [0.717, 1.165) is 23.7 Å². The van der Waals surface area contributed by atoms with Crippen LogP contribution in [0.2, 0.25) is 0 Å². The van der Waals surface area contributed by atoms with Crippen molar-refractivity contribution in [1.29, 1.82) is 0 Å². The molecular formula is C14H22N2O2S2. The highest BCUT2D eigenvalue weighted by atomic mass is 32.2. The molecule has 0 spiro atoms. The largest absolute Gasteiger partial charge is 0.399 e. The zero-order valence-corrected chi connectivity index (χ0v) is 13.6. The van der Waals surface area contributed by atoms with Crippen LogP contribution >= 0.6 is 11.8 Å². The van der Waals surface area contributed by atoms with E-state index in [2.05, 4.69) is 11.6 Å². The molecular weight excluding hydrogens is 292 g/mol. The van der Waals surface area contributed by atoms with E-state index in [4.69, 9.17) is 5.73 Å². The summed E-state index contributed by atoms with van der Waals surface area (Å²) in [6, 6.07) is 5.13. The van der Waals surface area contributed by atoms with Crippen LogP contribution in [-0.4, -0.2) is 20.7 Å². The van der Waals surface area contributed by atoms with Crippen LogP contribution in [0.15, 0.2) is 28.0 Å². The molecule has 0 aliphatic heterocycles. The molecule has 1 aliphatic carbocycles. The van der Waals surface area contributed by atoms with Gasteiger partial charge in [0.1, 0.15) is 0 Å². The van der Waals surface area contributed by atoms with Gasteiger partial charge < -0.3 is 5.73 Å². The lowest BCUT2D eigenvalue weighted by Crippen LogP contribution is -2.20. The fraction of sp³-hybridized carbons (Fsp3) is 0.571. The number of rotatable bonds is 4. The Bertz CT molecular complexity index is 573. The van der Waals surface area contributed by atoms with Gasteiger partial charge in [-0.2, -0.15) is 0 Å². The predicted molar refractivity (Wildman–Crippen MR) is 84.4 cm³/mol. The Morgan fingerprint density at radius 1 is 1.35 bits per heavy atom. The molecule has 0 amide bonds. The maximum Gasteiger partial charge on any atom is 0.241 e. The van der Waals surface area contributed by atoms with Gasteiger partial charge in [0.2, 0.25) is 10.0 Å². The smallest absolute Gasteiger partial charge is 0.241 e. The molecule has 112 valence electrons. The molecule has 1 saturated carbocycles. The number of thioether (sulfide) groups is 1. The third kappa shape index (κ3) is 3.68. The van der Waals surface area contributed by atoms with Crippen LogP contribution in [0.25, 0.3) is 0 Å². The molecule has 2 rings (SSSR count). The van der Waals surface area contributed by atoms with Gasteiger partial charge in [-0.3, -0.25) is 0 Å². The molecule has 1 aliphatic rings. The van der Waals surface area contributed by atoms with Crippen molar-refractivity contribution in [3.8, 4) is 0 Å². The Morgan fingerprint density at radius 3 is 2.75 bits per heavy atom. The van der Waals surface area contributed by atoms with Gasteiger partial charge in [0.15, 0.2) is 0 Å². The van der Waals surface area contributed by atoms with Crippen molar-refractivity contribution in [1.82, 2.24) is 4.72 Å². The fourth-order valence-corrected chi connectivity index (χ4v) is 5.31. The minimum Gasteiger partial charge on any atom is -0.399 e. The Kier molecular flexibility index (Phi) is 4.99. The van der Waals surface area contributed by atoms with E-state index < -0.39 is 10.0 Å². The Labute approximate surface area is 125 Å². The molecule has 6 heteroatoms. The molecule has 1 aromatic rings. The Balaban J connectivity index is 2.27. The normalized spacial score (nSPS) is 23.7. The summed E-state index contributed by atoms with van der Waals surface area (Å²) >= 11 is 1.67. The lowest BCUT2D eigenvalue weighted by atomic mass is 9.91. The second kappa shape index (κ2) is 6.37. The van der Waals surface area contributed by atoms with E-state index in [1.54, 1.807) is 23.9 Å². The average Bonchev–Trinajstić information content (AvgIpc) is 2.41. The van der Waals surface area contributed by atoms with Gasteiger partial charge in [0, 0.05) is 15.8 Å². The molecule has 20 heavy (non-hydrogen) atoms. The van der Waals surface area contributed by atoms with Gasteiger partial charge in [-0.05, 0) is 44.0 Å². The van der Waals surface area contributed by atoms with Crippen LogP contribution in [0.4, 0.5) is 5.69 Å². The molecule has 0 aromatic heterocycles. The lowest BCUT2D eigenvalue weighted by molar-refractivity contribution is 0.394. The molecule has 2 atom stereocenters. The van der Waals surface area contributed by atoms with Crippen LogP contribution in [0, 0.1) is 5.92 Å². The van der Waals surface area contributed by atoms with E-state index in [9.17, 15) is 8.42 Å². The summed E-state index contributed by atoms with van der Waals surface area (Å²) in [5.41, 5.74) is 6.21. The number of sulfonamides is 1. The van der Waals surface area contributed by atoms with Crippen molar-refractivity contribution in [2.24, 2.45) is 5.92 Å². The molecule has 2 unspecified atom stereocenters. The molecule has 0 bridgehead atoms. The van der Waals surface area contributed by atoms with E-state index in [1.807, 2.05) is 6.07 Å². The van der Waals surface area contributed by atoms with Crippen molar-refractivity contribution in [3.63, 3.8) is 0 Å². The van der Waals surface area contributed by atoms with Gasteiger partial charge in [0.05, 0.1) is 4.90 Å². The summed E-state index contributed by atoms with van der Waals surface area (Å²) in [7, 11) is -2.04. The maximum absolute atomic E-state index is 12.1. The first kappa shape index (κ1) is 15.7. The van der Waals surface area contributed by atoms with Crippen molar-refractivity contribution >= 4 is 27.5 Å². The van der Waals surface area contributed by atoms with Gasteiger partial charge >= 0.3 is 0 Å². The third-order valence-electron chi connectivity index (χ3n) is 3.71. The van der Waals surface area contributed by atoms with E-state index >= 15 is 0 Å². The molecule has 0 radical (unpaired) electrons. The zero-order chi connectivity index (χ0) is 14.8. The summed E-state index contributed by atoms with van der Waals surface area (Å²) in [5.74, 6) is 0.722. The number of hydrogen-bond donors (Lipinski definition) is 2. The second-order valence-electron chi connectivity index (χ2n) is 5.43. The van der Waals surface area contributed by atoms with Crippen LogP contribution < -0.4 is 10.5 Å². The summed E-state index contributed by atoms with van der Waals surface area (Å²) in [6.45, 7) is 2.26. The van der Waals surface area contributed by atoms with Crippen LogP contribution in [0.5, 0.6) is 0 Å². The van der Waals surface area contributed by atoms with Crippen molar-refractivity contribution in [3.05, 3.63) is 18.2 Å². The molecule has 1 aromatic carbocycles. The van der Waals surface area contributed by atoms with E-state index in [1.165, 1.54) is 19.9 Å². The van der Waals surface area contributed by atoms with Crippen LogP contribution in [0.3, 0.4) is 0 Å². The highest BCUT2D eigenvalue weighted by Crippen LogP contribution is 2.39. The summed E-state index contributed by atoms with van der Waals surface area (Å²) < 4.78 is 26.6. The van der Waals surface area contributed by atoms with Gasteiger partial charge in [0.25, 0.3) is 0 Å². The number of nitrogens with one attached hydrogen (secondary N) is 1. The summed E-state index contributed by atoms with van der Waals surface area (Å²) in [6.07, 6.45) is 4.80. The van der Waals surface area contributed by atoms with E-state index in [0.29, 0.717) is 15.8 Å². The highest BCUT2D eigenvalue weighted by molar-refractivity contribution is 8.00. The topological polar surface area (TPSA) is 72.2 Å². The number of benzene rings is 1. The summed E-state index contributed by atoms with van der Waals surface area (Å²) in [4.78, 5) is 1.09. The number of nitrogens with two attached hydrogens (primary N) is 1. The second-order valence-corrected chi connectivity index (χ2v) is 8.62. The SMILES string of the molecule is CNS(=O)(=O)c1cc(N)ccc1SC1CCCC(C)C1. The Morgan fingerprint density at radius 2 is 2.10 bits per heavy atom. The monoisotopic (exact) mass is 314 g/mol. The molecule has 4 nitrogen and oxygen atoms in total. The predicted octanol–water partition coefficient (Wildman–Crippen LogP) is 2.85. The number of anilines is 1. The number of nitrogen functional groups attached to an aromatic ring is 1. The van der Waals surface area contributed by atoms with Crippen molar-refractivity contribution < 1.29 is 8.42 Å². The molecule has 0 heterocycles. The standard InChI is InChI=1S/C14H22N2O2S2/c1-10-4-3-5-12(8-10)19-13-7-6-11(15)9-14(13)20(17,18)16-2/h6-7,9-10,12,16H,3-5,8,15H2,1-2H3. The van der Waals surface area contributed by atoms with Crippen LogP contribution in [-0.2, 0) is 10.0 Å². The number of hydrogen-bond acceptors (Lipinski definition) is 4. The fourth-order valence-electron chi connectivity index (χ4n) is 2.61. The maximum atomic E-state index is 12.1. The van der Waals surface area contributed by atoms with Crippen molar-refractivity contribution in [2.45, 2.75) is 47.6 Å². The first-order valence-corrected chi connectivity index (χ1v) is 9.28. The minimum atomic E-state index is -3.47. The first-order valence-electron chi connectivity index (χ1n) is 6.92. The van der Waals surface area contributed by atoms with Crippen molar-refractivity contribution in [2.75, 3.05) is 12.8 Å². The van der Waals surface area contributed by atoms with Gasteiger partial charge in [-0.15, -0.1) is 11.8 Å². The Hall–Kier alpha value is -0.720. The molecule has 3 N–H and O–H groups in total. The van der Waals surface area contributed by atoms with Gasteiger partial charge in [-0.1, -0.05) is 19.8 Å². The lowest BCUT2D eigenvalue weighted by Gasteiger charge is -2.26. The highest BCUT2D eigenvalue weighted by Gasteiger charge is 2.23. The van der Waals surface area contributed by atoms with E-state index in [-0.39, 0.29) is 0 Å². The van der Waals surface area contributed by atoms with Gasteiger partial charge in [-0.25, -0.2) is 13.1 Å². The molecule has 1 fully saturated rings. The van der Waals surface area contributed by atoms with Crippen LogP contribution in [0.1, 0.15) is 32.6 Å². The minimum absolute atomic E-state index is 0.295. The average molecular weight is 314 g/mol. The quantitative estimate of drug-likeness (QED) is 0.838. The zero-order valence-electron chi connectivity index (χ0n) is 11.9. The molecule has 0 saturated heterocycles. The summed E-state index contributed by atoms with van der Waals surface area (Å²) in [5, 5.41) is 0.494.